The topological polar surface area (TPSA) is 38.3 Å². The van der Waals surface area contributed by atoms with Gasteiger partial charge < -0.3 is 10.1 Å². The van der Waals surface area contributed by atoms with E-state index in [1.165, 1.54) is 11.1 Å². The predicted molar refractivity (Wildman–Crippen MR) is 55.5 cm³/mol. The number of carbonyl (C=O) groups is 1. The van der Waals surface area contributed by atoms with Gasteiger partial charge in [0.2, 0.25) is 6.41 Å². The molecule has 0 heterocycles. The molecule has 0 spiro atoms. The Hall–Kier alpha value is -1.51. The Labute approximate surface area is 84.1 Å². The van der Waals surface area contributed by atoms with Crippen LogP contribution in [0.4, 0.5) is 0 Å². The molecule has 1 aromatic carbocycles. The summed E-state index contributed by atoms with van der Waals surface area (Å²) in [5, 5.41) is 2.54. The number of aryl methyl sites for hydroxylation is 2. The van der Waals surface area contributed by atoms with Gasteiger partial charge in [0.15, 0.2) is 0 Å². The number of hydrogen-bond donors (Lipinski definition) is 1. The van der Waals surface area contributed by atoms with E-state index in [0.717, 1.165) is 5.75 Å². The summed E-state index contributed by atoms with van der Waals surface area (Å²) in [5.41, 5.74) is 2.47. The molecule has 1 aromatic rings. The summed E-state index contributed by atoms with van der Waals surface area (Å²) in [6.07, 6.45) is 0.670. The third-order valence-corrected chi connectivity index (χ3v) is 2.08. The first-order valence-corrected chi connectivity index (χ1v) is 4.61. The van der Waals surface area contributed by atoms with Crippen molar-refractivity contribution in [3.8, 4) is 5.75 Å². The summed E-state index contributed by atoms with van der Waals surface area (Å²) in [6.45, 7) is 5.15. The van der Waals surface area contributed by atoms with Crippen LogP contribution in [0.5, 0.6) is 5.75 Å². The zero-order valence-electron chi connectivity index (χ0n) is 8.54. The average molecular weight is 193 g/mol. The van der Waals surface area contributed by atoms with Gasteiger partial charge in [-0.3, -0.25) is 4.79 Å². The number of hydrogen-bond acceptors (Lipinski definition) is 2. The molecule has 14 heavy (non-hydrogen) atoms. The van der Waals surface area contributed by atoms with Crippen LogP contribution < -0.4 is 10.1 Å². The van der Waals surface area contributed by atoms with E-state index in [1.54, 1.807) is 0 Å². The molecule has 0 aliphatic carbocycles. The monoisotopic (exact) mass is 193 g/mol. The van der Waals surface area contributed by atoms with Crippen molar-refractivity contribution < 1.29 is 9.53 Å². The van der Waals surface area contributed by atoms with E-state index in [9.17, 15) is 4.79 Å². The molecule has 1 N–H and O–H groups in total. The zero-order valence-corrected chi connectivity index (χ0v) is 8.54. The Balaban J connectivity index is 2.43. The largest absolute Gasteiger partial charge is 0.492 e. The molecule has 0 bridgehead atoms. The minimum Gasteiger partial charge on any atom is -0.492 e. The molecule has 3 nitrogen and oxygen atoms in total. The second-order valence-electron chi connectivity index (χ2n) is 3.17. The van der Waals surface area contributed by atoms with E-state index in [-0.39, 0.29) is 0 Å². The highest BCUT2D eigenvalue weighted by atomic mass is 16.5. The SMILES string of the molecule is Cc1ccc(OCCNC=O)cc1C. The van der Waals surface area contributed by atoms with Crippen LogP contribution in [0.2, 0.25) is 0 Å². The van der Waals surface area contributed by atoms with Crippen molar-refractivity contribution in [2.75, 3.05) is 13.2 Å². The summed E-state index contributed by atoms with van der Waals surface area (Å²) in [6, 6.07) is 5.96. The second-order valence-corrected chi connectivity index (χ2v) is 3.17. The van der Waals surface area contributed by atoms with Gasteiger partial charge in [-0.15, -0.1) is 0 Å². The van der Waals surface area contributed by atoms with E-state index >= 15 is 0 Å². The molecule has 76 valence electrons. The van der Waals surface area contributed by atoms with E-state index < -0.39 is 0 Å². The zero-order chi connectivity index (χ0) is 10.4. The fourth-order valence-corrected chi connectivity index (χ4v) is 1.09. The lowest BCUT2D eigenvalue weighted by molar-refractivity contribution is -0.109. The quantitative estimate of drug-likeness (QED) is 0.567. The van der Waals surface area contributed by atoms with Crippen LogP contribution in [0.15, 0.2) is 18.2 Å². The number of ether oxygens (including phenoxy) is 1. The molecule has 0 unspecified atom stereocenters. The van der Waals surface area contributed by atoms with Crippen molar-refractivity contribution in [2.45, 2.75) is 13.8 Å². The van der Waals surface area contributed by atoms with E-state index in [0.29, 0.717) is 19.6 Å². The van der Waals surface area contributed by atoms with Crippen molar-refractivity contribution in [1.82, 2.24) is 5.32 Å². The fourth-order valence-electron chi connectivity index (χ4n) is 1.09. The number of amides is 1. The second kappa shape index (κ2) is 5.27. The van der Waals surface area contributed by atoms with Crippen molar-refractivity contribution in [1.29, 1.82) is 0 Å². The third-order valence-electron chi connectivity index (χ3n) is 2.08. The van der Waals surface area contributed by atoms with Crippen molar-refractivity contribution in [3.05, 3.63) is 29.3 Å². The summed E-state index contributed by atoms with van der Waals surface area (Å²) < 4.78 is 5.42. The van der Waals surface area contributed by atoms with Gasteiger partial charge in [0.05, 0.1) is 6.54 Å². The molecule has 3 heteroatoms. The summed E-state index contributed by atoms with van der Waals surface area (Å²) >= 11 is 0. The van der Waals surface area contributed by atoms with Crippen LogP contribution >= 0.6 is 0 Å². The predicted octanol–water partition coefficient (Wildman–Crippen LogP) is 1.43. The Morgan fingerprint density at radius 2 is 2.14 bits per heavy atom. The highest BCUT2D eigenvalue weighted by Gasteiger charge is 1.96. The highest BCUT2D eigenvalue weighted by molar-refractivity contribution is 5.45. The molecule has 0 radical (unpaired) electrons. The Bertz CT molecular complexity index is 310. The standard InChI is InChI=1S/C11H15NO2/c1-9-3-4-11(7-10(9)2)14-6-5-12-8-13/h3-4,7-8H,5-6H2,1-2H3,(H,12,13). The summed E-state index contributed by atoms with van der Waals surface area (Å²) in [5.74, 6) is 0.848. The van der Waals surface area contributed by atoms with E-state index in [2.05, 4.69) is 12.2 Å². The lowest BCUT2D eigenvalue weighted by atomic mass is 10.1. The normalized spacial score (nSPS) is 9.57. The van der Waals surface area contributed by atoms with Crippen LogP contribution in [0.25, 0.3) is 0 Å². The molecule has 0 aliphatic rings. The van der Waals surface area contributed by atoms with Crippen molar-refractivity contribution in [2.24, 2.45) is 0 Å². The Morgan fingerprint density at radius 1 is 1.36 bits per heavy atom. The number of carbonyl (C=O) groups excluding carboxylic acids is 1. The first kappa shape index (κ1) is 10.6. The van der Waals surface area contributed by atoms with Crippen molar-refractivity contribution in [3.63, 3.8) is 0 Å². The van der Waals surface area contributed by atoms with Crippen LogP contribution in [0.1, 0.15) is 11.1 Å². The maximum absolute atomic E-state index is 9.95. The Morgan fingerprint density at radius 3 is 2.79 bits per heavy atom. The Kier molecular flexibility index (Phi) is 3.98. The molecule has 0 atom stereocenters. The van der Waals surface area contributed by atoms with Crippen LogP contribution in [-0.2, 0) is 4.79 Å². The van der Waals surface area contributed by atoms with Gasteiger partial charge in [0, 0.05) is 0 Å². The number of nitrogens with one attached hydrogen (secondary N) is 1. The highest BCUT2D eigenvalue weighted by Crippen LogP contribution is 2.15. The molecule has 0 fully saturated rings. The molecular formula is C11H15NO2. The third kappa shape index (κ3) is 3.09. The molecular weight excluding hydrogens is 178 g/mol. The van der Waals surface area contributed by atoms with Crippen LogP contribution in [0.3, 0.4) is 0 Å². The first-order valence-electron chi connectivity index (χ1n) is 4.61. The minimum atomic E-state index is 0.501. The van der Waals surface area contributed by atoms with Gasteiger partial charge >= 0.3 is 0 Å². The minimum absolute atomic E-state index is 0.501. The van der Waals surface area contributed by atoms with Gasteiger partial charge in [-0.2, -0.15) is 0 Å². The first-order chi connectivity index (χ1) is 6.74. The molecule has 0 aromatic heterocycles. The van der Waals surface area contributed by atoms with Gasteiger partial charge in [-0.1, -0.05) is 6.07 Å². The van der Waals surface area contributed by atoms with Gasteiger partial charge in [0.1, 0.15) is 12.4 Å². The van der Waals surface area contributed by atoms with E-state index in [4.69, 9.17) is 4.74 Å². The van der Waals surface area contributed by atoms with Crippen LogP contribution in [-0.4, -0.2) is 19.6 Å². The maximum Gasteiger partial charge on any atom is 0.207 e. The fraction of sp³-hybridized carbons (Fsp3) is 0.364. The maximum atomic E-state index is 9.95. The molecule has 0 saturated heterocycles. The summed E-state index contributed by atoms with van der Waals surface area (Å²) in [7, 11) is 0. The smallest absolute Gasteiger partial charge is 0.207 e. The number of rotatable bonds is 5. The van der Waals surface area contributed by atoms with Crippen molar-refractivity contribution >= 4 is 6.41 Å². The van der Waals surface area contributed by atoms with Gasteiger partial charge in [-0.05, 0) is 37.1 Å². The number of benzene rings is 1. The molecule has 0 aliphatic heterocycles. The van der Waals surface area contributed by atoms with Gasteiger partial charge in [-0.25, -0.2) is 0 Å². The lowest BCUT2D eigenvalue weighted by Gasteiger charge is -2.07. The lowest BCUT2D eigenvalue weighted by Crippen LogP contribution is -2.18. The van der Waals surface area contributed by atoms with Gasteiger partial charge in [0.25, 0.3) is 0 Å². The van der Waals surface area contributed by atoms with E-state index in [1.807, 2.05) is 25.1 Å². The van der Waals surface area contributed by atoms with Crippen LogP contribution in [0, 0.1) is 13.8 Å². The molecule has 1 amide bonds. The molecule has 0 saturated carbocycles. The average Bonchev–Trinajstić information content (AvgIpc) is 2.18. The summed E-state index contributed by atoms with van der Waals surface area (Å²) in [4.78, 5) is 9.95. The molecule has 1 rings (SSSR count).